The minimum atomic E-state index is 0.151. The number of amides is 1. The van der Waals surface area contributed by atoms with Gasteiger partial charge in [0.15, 0.2) is 0 Å². The Balaban J connectivity index is 1.83. The summed E-state index contributed by atoms with van der Waals surface area (Å²) < 4.78 is 0. The number of hydrogen-bond acceptors (Lipinski definition) is 2. The van der Waals surface area contributed by atoms with Crippen molar-refractivity contribution in [2.75, 3.05) is 13.6 Å². The average Bonchev–Trinajstić information content (AvgIpc) is 2.55. The summed E-state index contributed by atoms with van der Waals surface area (Å²) in [5.41, 5.74) is 3.43. The van der Waals surface area contributed by atoms with Crippen LogP contribution in [-0.2, 0) is 24.1 Å². The van der Waals surface area contributed by atoms with Crippen LogP contribution in [0.5, 0.6) is 0 Å². The monoisotopic (exact) mass is 310 g/mol. The van der Waals surface area contributed by atoms with Gasteiger partial charge in [-0.15, -0.1) is 0 Å². The quantitative estimate of drug-likeness (QED) is 0.784. The van der Waals surface area contributed by atoms with E-state index in [2.05, 4.69) is 43.1 Å². The molecule has 3 heteroatoms. The number of nitrogens with zero attached hydrogens (tertiary/aromatic N) is 2. The maximum Gasteiger partial charge on any atom is 0.226 e. The highest BCUT2D eigenvalue weighted by molar-refractivity contribution is 5.78. The van der Waals surface area contributed by atoms with Gasteiger partial charge in [0.1, 0.15) is 0 Å². The van der Waals surface area contributed by atoms with Gasteiger partial charge in [-0.05, 0) is 35.6 Å². The lowest BCUT2D eigenvalue weighted by molar-refractivity contribution is -0.129. The number of aromatic nitrogens is 1. The van der Waals surface area contributed by atoms with Crippen molar-refractivity contribution in [3.63, 3.8) is 0 Å². The van der Waals surface area contributed by atoms with Crippen molar-refractivity contribution >= 4 is 5.91 Å². The van der Waals surface area contributed by atoms with Gasteiger partial charge in [-0.3, -0.25) is 9.78 Å². The third-order valence-electron chi connectivity index (χ3n) is 3.88. The molecular weight excluding hydrogens is 284 g/mol. The van der Waals surface area contributed by atoms with Gasteiger partial charge < -0.3 is 4.90 Å². The zero-order valence-corrected chi connectivity index (χ0v) is 14.3. The van der Waals surface area contributed by atoms with E-state index in [1.165, 1.54) is 5.56 Å². The van der Waals surface area contributed by atoms with E-state index in [1.807, 2.05) is 25.2 Å². The summed E-state index contributed by atoms with van der Waals surface area (Å²) in [6.45, 7) is 5.13. The molecule has 0 aliphatic rings. The van der Waals surface area contributed by atoms with Crippen LogP contribution in [0.3, 0.4) is 0 Å². The molecule has 0 atom stereocenters. The summed E-state index contributed by atoms with van der Waals surface area (Å²) in [6.07, 6.45) is 4.12. The van der Waals surface area contributed by atoms with Gasteiger partial charge in [-0.2, -0.15) is 0 Å². The molecule has 122 valence electrons. The zero-order valence-electron chi connectivity index (χ0n) is 14.3. The van der Waals surface area contributed by atoms with Crippen LogP contribution in [-0.4, -0.2) is 29.4 Å². The first-order valence-electron chi connectivity index (χ1n) is 8.26. The fourth-order valence-electron chi connectivity index (χ4n) is 2.53. The lowest BCUT2D eigenvalue weighted by Crippen LogP contribution is -2.30. The predicted octanol–water partition coefficient (Wildman–Crippen LogP) is 3.52. The summed E-state index contributed by atoms with van der Waals surface area (Å²) in [7, 11) is 1.86. The normalized spacial score (nSPS) is 10.8. The van der Waals surface area contributed by atoms with Gasteiger partial charge in [-0.1, -0.05) is 44.2 Å². The topological polar surface area (TPSA) is 33.2 Å². The van der Waals surface area contributed by atoms with E-state index in [9.17, 15) is 4.79 Å². The predicted molar refractivity (Wildman–Crippen MR) is 94.3 cm³/mol. The summed E-state index contributed by atoms with van der Waals surface area (Å²) >= 11 is 0. The van der Waals surface area contributed by atoms with Crippen LogP contribution in [0.25, 0.3) is 0 Å². The van der Waals surface area contributed by atoms with Crippen LogP contribution >= 0.6 is 0 Å². The number of pyridine rings is 1. The molecule has 1 aromatic heterocycles. The highest BCUT2D eigenvalue weighted by Gasteiger charge is 2.10. The second-order valence-corrected chi connectivity index (χ2v) is 6.48. The summed E-state index contributed by atoms with van der Waals surface area (Å²) in [6, 6.07) is 14.3. The minimum absolute atomic E-state index is 0.151. The smallest absolute Gasteiger partial charge is 0.226 e. The molecule has 0 saturated heterocycles. The van der Waals surface area contributed by atoms with Gasteiger partial charge in [-0.25, -0.2) is 0 Å². The summed E-state index contributed by atoms with van der Waals surface area (Å²) in [5.74, 6) is 0.803. The van der Waals surface area contributed by atoms with Gasteiger partial charge in [0.25, 0.3) is 0 Å². The molecule has 23 heavy (non-hydrogen) atoms. The highest BCUT2D eigenvalue weighted by Crippen LogP contribution is 2.11. The molecular formula is C20H26N2O. The van der Waals surface area contributed by atoms with Crippen molar-refractivity contribution in [2.24, 2.45) is 5.92 Å². The SMILES string of the molecule is CC(C)Cc1ccc(CC(=O)N(C)CCc2ccccn2)cc1. The van der Waals surface area contributed by atoms with Gasteiger partial charge in [0.05, 0.1) is 6.42 Å². The molecule has 0 aliphatic carbocycles. The van der Waals surface area contributed by atoms with Gasteiger partial charge in [0, 0.05) is 31.9 Å². The number of hydrogen-bond donors (Lipinski definition) is 0. The number of benzene rings is 1. The van der Waals surface area contributed by atoms with E-state index in [4.69, 9.17) is 0 Å². The Hall–Kier alpha value is -2.16. The molecule has 0 spiro atoms. The van der Waals surface area contributed by atoms with Crippen molar-refractivity contribution in [3.05, 3.63) is 65.5 Å². The van der Waals surface area contributed by atoms with E-state index < -0.39 is 0 Å². The molecule has 0 N–H and O–H groups in total. The van der Waals surface area contributed by atoms with E-state index in [1.54, 1.807) is 11.1 Å². The van der Waals surface area contributed by atoms with E-state index in [0.717, 1.165) is 24.1 Å². The molecule has 0 aliphatic heterocycles. The first kappa shape index (κ1) is 17.2. The molecule has 1 amide bonds. The molecule has 0 unspecified atom stereocenters. The average molecular weight is 310 g/mol. The molecule has 2 aromatic rings. The molecule has 0 radical (unpaired) electrons. The fourth-order valence-corrected chi connectivity index (χ4v) is 2.53. The lowest BCUT2D eigenvalue weighted by Gasteiger charge is -2.17. The van der Waals surface area contributed by atoms with Crippen molar-refractivity contribution in [1.82, 2.24) is 9.88 Å². The molecule has 3 nitrogen and oxygen atoms in total. The second kappa shape index (κ2) is 8.47. The number of carbonyl (C=O) groups is 1. The van der Waals surface area contributed by atoms with E-state index in [0.29, 0.717) is 18.9 Å². The van der Waals surface area contributed by atoms with E-state index >= 15 is 0 Å². The molecule has 0 fully saturated rings. The van der Waals surface area contributed by atoms with Crippen LogP contribution in [0.15, 0.2) is 48.7 Å². The second-order valence-electron chi connectivity index (χ2n) is 6.48. The lowest BCUT2D eigenvalue weighted by atomic mass is 10.0. The Kier molecular flexibility index (Phi) is 6.33. The summed E-state index contributed by atoms with van der Waals surface area (Å²) in [4.78, 5) is 18.4. The first-order valence-corrected chi connectivity index (χ1v) is 8.26. The van der Waals surface area contributed by atoms with Crippen molar-refractivity contribution < 1.29 is 4.79 Å². The standard InChI is InChI=1S/C20H26N2O/c1-16(2)14-17-7-9-18(10-8-17)15-20(23)22(3)13-11-19-6-4-5-12-21-19/h4-10,12,16H,11,13-15H2,1-3H3. The third kappa shape index (κ3) is 5.85. The van der Waals surface area contributed by atoms with Gasteiger partial charge in [0.2, 0.25) is 5.91 Å². The van der Waals surface area contributed by atoms with Crippen LogP contribution in [0.2, 0.25) is 0 Å². The van der Waals surface area contributed by atoms with Crippen LogP contribution in [0, 0.1) is 5.92 Å². The van der Waals surface area contributed by atoms with Crippen molar-refractivity contribution in [1.29, 1.82) is 0 Å². The number of rotatable bonds is 7. The summed E-state index contributed by atoms with van der Waals surface area (Å²) in [5, 5.41) is 0. The third-order valence-corrected chi connectivity index (χ3v) is 3.88. The van der Waals surface area contributed by atoms with Crippen molar-refractivity contribution in [3.8, 4) is 0 Å². The highest BCUT2D eigenvalue weighted by atomic mass is 16.2. The first-order chi connectivity index (χ1) is 11.0. The van der Waals surface area contributed by atoms with Crippen LogP contribution < -0.4 is 0 Å². The molecule has 1 heterocycles. The van der Waals surface area contributed by atoms with Crippen molar-refractivity contribution in [2.45, 2.75) is 33.1 Å². The Labute approximate surface area is 139 Å². The molecule has 1 aromatic carbocycles. The van der Waals surface area contributed by atoms with Crippen LogP contribution in [0.1, 0.15) is 30.7 Å². The van der Waals surface area contributed by atoms with E-state index in [-0.39, 0.29) is 5.91 Å². The molecule has 0 saturated carbocycles. The Bertz CT molecular complexity index is 605. The zero-order chi connectivity index (χ0) is 16.7. The fraction of sp³-hybridized carbons (Fsp3) is 0.400. The Morgan fingerprint density at radius 1 is 1.09 bits per heavy atom. The molecule has 0 bridgehead atoms. The number of likely N-dealkylation sites (N-methyl/N-ethyl adjacent to an activating group) is 1. The Morgan fingerprint density at radius 3 is 2.39 bits per heavy atom. The Morgan fingerprint density at radius 2 is 1.78 bits per heavy atom. The minimum Gasteiger partial charge on any atom is -0.345 e. The maximum atomic E-state index is 12.3. The molecule has 2 rings (SSSR count). The van der Waals surface area contributed by atoms with Crippen LogP contribution in [0.4, 0.5) is 0 Å². The largest absolute Gasteiger partial charge is 0.345 e. The number of carbonyl (C=O) groups excluding carboxylic acids is 1. The maximum absolute atomic E-state index is 12.3. The van der Waals surface area contributed by atoms with Gasteiger partial charge >= 0.3 is 0 Å².